The maximum Gasteiger partial charge on any atom is 0.472 e. The Morgan fingerprint density at radius 1 is 0.378 bits per heavy atom. The molecule has 0 spiro atoms. The molecule has 1 unspecified atom stereocenters. The van der Waals surface area contributed by atoms with Crippen LogP contribution in [0.4, 0.5) is 0 Å². The molecule has 0 aliphatic rings. The van der Waals surface area contributed by atoms with Gasteiger partial charge in [-0.1, -0.05) is 181 Å². The maximum absolute atomic E-state index is 12.0. The van der Waals surface area contributed by atoms with Crippen LogP contribution >= 0.6 is 7.82 Å². The van der Waals surface area contributed by atoms with E-state index in [0.29, 0.717) is 13.2 Å². The third-order valence-electron chi connectivity index (χ3n) is 7.50. The highest BCUT2D eigenvalue weighted by Crippen LogP contribution is 2.43. The maximum atomic E-state index is 12.0. The average molecular weight is 547 g/mol. The lowest BCUT2D eigenvalue weighted by atomic mass is 10.0. The predicted octanol–water partition coefficient (Wildman–Crippen LogP) is 12.1. The Morgan fingerprint density at radius 2 is 0.568 bits per heavy atom. The summed E-state index contributed by atoms with van der Waals surface area (Å²) in [6.45, 7) is 5.19. The average Bonchev–Trinajstić information content (AvgIpc) is 2.88. The molecule has 0 aliphatic heterocycles. The minimum atomic E-state index is -3.86. The van der Waals surface area contributed by atoms with E-state index in [1.54, 1.807) is 0 Å². The Labute approximate surface area is 233 Å². The summed E-state index contributed by atoms with van der Waals surface area (Å²) in [6, 6.07) is 0. The lowest BCUT2D eigenvalue weighted by molar-refractivity contribution is 0.145. The van der Waals surface area contributed by atoms with Gasteiger partial charge >= 0.3 is 7.82 Å². The zero-order valence-electron chi connectivity index (χ0n) is 25.3. The van der Waals surface area contributed by atoms with Crippen molar-refractivity contribution < 1.29 is 18.5 Å². The van der Waals surface area contributed by atoms with E-state index in [1.807, 2.05) is 0 Å². The van der Waals surface area contributed by atoms with Crippen LogP contribution in [0.1, 0.15) is 194 Å². The van der Waals surface area contributed by atoms with Crippen molar-refractivity contribution >= 4 is 7.82 Å². The first-order chi connectivity index (χ1) is 18.1. The fourth-order valence-electron chi connectivity index (χ4n) is 4.99. The molecule has 0 radical (unpaired) electrons. The van der Waals surface area contributed by atoms with Crippen molar-refractivity contribution in [3.8, 4) is 0 Å². The first kappa shape index (κ1) is 37.1. The molecule has 5 heteroatoms. The van der Waals surface area contributed by atoms with E-state index in [4.69, 9.17) is 9.05 Å². The van der Waals surface area contributed by atoms with Gasteiger partial charge in [0.25, 0.3) is 0 Å². The number of unbranched alkanes of at least 4 members (excludes halogenated alkanes) is 26. The molecule has 0 aliphatic carbocycles. The SMILES string of the molecule is CCCCCCCCCCCCCCCCCCOP(=O)(O)OCCCCCCCCCCCCCC. The van der Waals surface area contributed by atoms with Crippen LogP contribution in [-0.2, 0) is 13.6 Å². The second-order valence-electron chi connectivity index (χ2n) is 11.3. The Hall–Kier alpha value is 0.110. The molecule has 0 heterocycles. The molecule has 1 N–H and O–H groups in total. The lowest BCUT2D eigenvalue weighted by Gasteiger charge is -2.12. The molecular weight excluding hydrogens is 479 g/mol. The van der Waals surface area contributed by atoms with Crippen LogP contribution in [0.15, 0.2) is 0 Å². The van der Waals surface area contributed by atoms with Crippen LogP contribution < -0.4 is 0 Å². The van der Waals surface area contributed by atoms with E-state index in [1.165, 1.54) is 154 Å². The fourth-order valence-corrected chi connectivity index (χ4v) is 5.78. The zero-order valence-corrected chi connectivity index (χ0v) is 26.2. The van der Waals surface area contributed by atoms with Gasteiger partial charge in [0, 0.05) is 0 Å². The quantitative estimate of drug-likeness (QED) is 0.0673. The molecule has 0 fully saturated rings. The number of rotatable bonds is 32. The van der Waals surface area contributed by atoms with Gasteiger partial charge in [0.05, 0.1) is 13.2 Å². The van der Waals surface area contributed by atoms with Crippen molar-refractivity contribution in [2.24, 2.45) is 0 Å². The second kappa shape index (κ2) is 30.6. The number of hydrogen-bond donors (Lipinski definition) is 1. The molecule has 0 saturated carbocycles. The molecule has 1 atom stereocenters. The third-order valence-corrected chi connectivity index (χ3v) is 8.52. The van der Waals surface area contributed by atoms with Crippen LogP contribution in [0.3, 0.4) is 0 Å². The van der Waals surface area contributed by atoms with Crippen LogP contribution in [0.5, 0.6) is 0 Å². The summed E-state index contributed by atoms with van der Waals surface area (Å²) in [6.07, 6.45) is 36.4. The number of hydrogen-bond acceptors (Lipinski definition) is 3. The van der Waals surface area contributed by atoms with E-state index in [-0.39, 0.29) is 0 Å². The minimum absolute atomic E-state index is 0.324. The topological polar surface area (TPSA) is 55.8 Å². The highest BCUT2D eigenvalue weighted by molar-refractivity contribution is 7.47. The largest absolute Gasteiger partial charge is 0.472 e. The minimum Gasteiger partial charge on any atom is -0.302 e. The summed E-state index contributed by atoms with van der Waals surface area (Å²) >= 11 is 0. The number of phosphoric acid groups is 1. The summed E-state index contributed by atoms with van der Waals surface area (Å²) in [4.78, 5) is 9.83. The second-order valence-corrected chi connectivity index (χ2v) is 12.8. The molecule has 0 aromatic carbocycles. The Kier molecular flexibility index (Phi) is 30.7. The summed E-state index contributed by atoms with van der Waals surface area (Å²) in [5.74, 6) is 0. The van der Waals surface area contributed by atoms with Crippen LogP contribution in [0.2, 0.25) is 0 Å². The van der Waals surface area contributed by atoms with Crippen molar-refractivity contribution in [1.82, 2.24) is 0 Å². The molecule has 0 aromatic heterocycles. The van der Waals surface area contributed by atoms with E-state index >= 15 is 0 Å². The summed E-state index contributed by atoms with van der Waals surface area (Å²) in [7, 11) is -3.86. The molecule has 4 nitrogen and oxygen atoms in total. The highest BCUT2D eigenvalue weighted by atomic mass is 31.2. The van der Waals surface area contributed by atoms with E-state index in [9.17, 15) is 9.46 Å². The lowest BCUT2D eigenvalue weighted by Crippen LogP contribution is -1.99. The Bertz CT molecular complexity index is 472. The van der Waals surface area contributed by atoms with Gasteiger partial charge in [0.1, 0.15) is 0 Å². The summed E-state index contributed by atoms with van der Waals surface area (Å²) in [5, 5.41) is 0. The molecule has 0 aromatic rings. The van der Waals surface area contributed by atoms with Gasteiger partial charge in [-0.15, -0.1) is 0 Å². The molecule has 0 bridgehead atoms. The fraction of sp³-hybridized carbons (Fsp3) is 1.00. The Balaban J connectivity index is 3.27. The predicted molar refractivity (Wildman–Crippen MR) is 162 cm³/mol. The van der Waals surface area contributed by atoms with Crippen molar-refractivity contribution in [3.05, 3.63) is 0 Å². The first-order valence-corrected chi connectivity index (χ1v) is 18.2. The van der Waals surface area contributed by atoms with E-state index in [0.717, 1.165) is 25.7 Å². The van der Waals surface area contributed by atoms with Crippen molar-refractivity contribution in [3.63, 3.8) is 0 Å². The standard InChI is InChI=1S/C32H67O4P/c1-3-5-7-9-11-13-15-17-18-19-20-22-24-26-28-30-32-36-37(33,34)35-31-29-27-25-23-21-16-14-12-10-8-6-4-2/h3-32H2,1-2H3,(H,33,34). The smallest absolute Gasteiger partial charge is 0.302 e. The molecular formula is C32H67O4P. The molecule has 0 amide bonds. The summed E-state index contributed by atoms with van der Waals surface area (Å²) < 4.78 is 22.3. The van der Waals surface area contributed by atoms with E-state index in [2.05, 4.69) is 13.8 Å². The van der Waals surface area contributed by atoms with Gasteiger partial charge in [-0.2, -0.15) is 0 Å². The van der Waals surface area contributed by atoms with Gasteiger partial charge in [-0.25, -0.2) is 4.57 Å². The monoisotopic (exact) mass is 546 g/mol. The molecule has 224 valence electrons. The summed E-state index contributed by atoms with van der Waals surface area (Å²) in [5.41, 5.74) is 0. The normalized spacial score (nSPS) is 13.3. The zero-order chi connectivity index (χ0) is 27.1. The third kappa shape index (κ3) is 32.2. The van der Waals surface area contributed by atoms with Gasteiger partial charge < -0.3 is 4.89 Å². The van der Waals surface area contributed by atoms with Crippen molar-refractivity contribution in [2.45, 2.75) is 194 Å². The van der Waals surface area contributed by atoms with Crippen LogP contribution in [-0.4, -0.2) is 18.1 Å². The van der Waals surface area contributed by atoms with Crippen molar-refractivity contribution in [1.29, 1.82) is 0 Å². The van der Waals surface area contributed by atoms with Crippen LogP contribution in [0.25, 0.3) is 0 Å². The molecule has 37 heavy (non-hydrogen) atoms. The van der Waals surface area contributed by atoms with Gasteiger partial charge in [-0.3, -0.25) is 9.05 Å². The number of phosphoric ester groups is 1. The Morgan fingerprint density at radius 3 is 0.784 bits per heavy atom. The van der Waals surface area contributed by atoms with Crippen molar-refractivity contribution in [2.75, 3.05) is 13.2 Å². The highest BCUT2D eigenvalue weighted by Gasteiger charge is 2.19. The molecule has 0 saturated heterocycles. The molecule has 0 rings (SSSR count). The van der Waals surface area contributed by atoms with Gasteiger partial charge in [-0.05, 0) is 12.8 Å². The first-order valence-electron chi connectivity index (χ1n) is 16.7. The van der Waals surface area contributed by atoms with Gasteiger partial charge in [0.15, 0.2) is 0 Å². The van der Waals surface area contributed by atoms with Crippen LogP contribution in [0, 0.1) is 0 Å². The van der Waals surface area contributed by atoms with Gasteiger partial charge in [0.2, 0.25) is 0 Å². The van der Waals surface area contributed by atoms with E-state index < -0.39 is 7.82 Å².